The van der Waals surface area contributed by atoms with E-state index in [0.717, 1.165) is 25.9 Å². The summed E-state index contributed by atoms with van der Waals surface area (Å²) in [4.78, 5) is 21.9. The number of unbranched alkanes of at least 4 members (excludes halogenated alkanes) is 1. The lowest BCUT2D eigenvalue weighted by molar-refractivity contribution is 0.0999. The maximum Gasteiger partial charge on any atom is 0.249 e. The van der Waals surface area contributed by atoms with Crippen molar-refractivity contribution in [1.82, 2.24) is 14.9 Å². The standard InChI is InChI=1S/C26H29FN4O2/c1-3-4-11-31(16-18-5-9-29-15-18)12-7-19-17(2)21(26(28)32)14-22(24(19)27)20-6-10-30-23-8-13-33-25(20)23/h5-6,8-10,13-15,29H,3-4,7,11-12,16H2,1-2H3,(H2,28,32). The number of carbonyl (C=O) groups excluding carboxylic acids is 1. The fourth-order valence-corrected chi connectivity index (χ4v) is 4.28. The highest BCUT2D eigenvalue weighted by Gasteiger charge is 2.22. The zero-order valence-corrected chi connectivity index (χ0v) is 19.0. The first kappa shape index (κ1) is 22.7. The summed E-state index contributed by atoms with van der Waals surface area (Å²) < 4.78 is 21.5. The maximum absolute atomic E-state index is 15.9. The Bertz CT molecular complexity index is 1250. The maximum atomic E-state index is 15.9. The SMILES string of the molecule is CCCCN(CCc1c(C)c(C(N)=O)cc(-c2ccnc3ccoc23)c1F)Cc1cc[nH]c1. The molecule has 3 N–H and O–H groups in total. The number of aromatic nitrogens is 2. The van der Waals surface area contributed by atoms with Crippen molar-refractivity contribution >= 4 is 17.0 Å². The molecule has 0 aliphatic rings. The molecular weight excluding hydrogens is 419 g/mol. The first-order valence-electron chi connectivity index (χ1n) is 11.3. The van der Waals surface area contributed by atoms with Crippen molar-refractivity contribution in [3.05, 3.63) is 77.2 Å². The van der Waals surface area contributed by atoms with Gasteiger partial charge in [-0.25, -0.2) is 4.39 Å². The molecule has 3 aromatic heterocycles. The van der Waals surface area contributed by atoms with E-state index in [0.29, 0.717) is 51.9 Å². The quantitative estimate of drug-likeness (QED) is 0.348. The van der Waals surface area contributed by atoms with Gasteiger partial charge in [0.15, 0.2) is 5.58 Å². The number of rotatable bonds is 10. The third-order valence-corrected chi connectivity index (χ3v) is 6.12. The van der Waals surface area contributed by atoms with Gasteiger partial charge in [0, 0.05) is 54.4 Å². The average Bonchev–Trinajstić information content (AvgIpc) is 3.49. The third-order valence-electron chi connectivity index (χ3n) is 6.12. The molecule has 33 heavy (non-hydrogen) atoms. The lowest BCUT2D eigenvalue weighted by Gasteiger charge is -2.23. The van der Waals surface area contributed by atoms with Gasteiger partial charge in [-0.3, -0.25) is 14.7 Å². The number of hydrogen-bond donors (Lipinski definition) is 2. The lowest BCUT2D eigenvalue weighted by atomic mass is 9.92. The van der Waals surface area contributed by atoms with Crippen LogP contribution in [0, 0.1) is 12.7 Å². The van der Waals surface area contributed by atoms with Crippen LogP contribution in [0.2, 0.25) is 0 Å². The van der Waals surface area contributed by atoms with Gasteiger partial charge in [0.2, 0.25) is 5.91 Å². The highest BCUT2D eigenvalue weighted by molar-refractivity contribution is 5.98. The topological polar surface area (TPSA) is 88.2 Å². The summed E-state index contributed by atoms with van der Waals surface area (Å²) in [6.45, 7) is 6.29. The Kier molecular flexibility index (Phi) is 6.89. The summed E-state index contributed by atoms with van der Waals surface area (Å²) in [5.41, 5.74) is 10.3. The molecule has 6 nitrogen and oxygen atoms in total. The Balaban J connectivity index is 1.71. The van der Waals surface area contributed by atoms with Crippen LogP contribution in [0.25, 0.3) is 22.2 Å². The van der Waals surface area contributed by atoms with Crippen molar-refractivity contribution in [1.29, 1.82) is 0 Å². The van der Waals surface area contributed by atoms with Gasteiger partial charge in [-0.05, 0) is 61.2 Å². The molecule has 172 valence electrons. The van der Waals surface area contributed by atoms with Crippen molar-refractivity contribution in [2.75, 3.05) is 13.1 Å². The van der Waals surface area contributed by atoms with E-state index in [9.17, 15) is 4.79 Å². The molecule has 7 heteroatoms. The number of furan rings is 1. The molecule has 0 saturated heterocycles. The molecule has 0 atom stereocenters. The van der Waals surface area contributed by atoms with Crippen LogP contribution >= 0.6 is 0 Å². The smallest absolute Gasteiger partial charge is 0.249 e. The summed E-state index contributed by atoms with van der Waals surface area (Å²) in [5.74, 6) is -0.923. The van der Waals surface area contributed by atoms with E-state index in [2.05, 4.69) is 27.9 Å². The first-order chi connectivity index (χ1) is 16.0. The highest BCUT2D eigenvalue weighted by atomic mass is 19.1. The van der Waals surface area contributed by atoms with E-state index >= 15 is 4.39 Å². The van der Waals surface area contributed by atoms with E-state index in [1.807, 2.05) is 12.4 Å². The zero-order chi connectivity index (χ0) is 23.4. The predicted molar refractivity (Wildman–Crippen MR) is 127 cm³/mol. The van der Waals surface area contributed by atoms with Crippen LogP contribution in [-0.2, 0) is 13.0 Å². The Hall–Kier alpha value is -3.45. The summed E-state index contributed by atoms with van der Waals surface area (Å²) in [6.07, 6.45) is 9.63. The van der Waals surface area contributed by atoms with Gasteiger partial charge < -0.3 is 15.1 Å². The Morgan fingerprint density at radius 1 is 1.24 bits per heavy atom. The van der Waals surface area contributed by atoms with Crippen LogP contribution in [0.4, 0.5) is 4.39 Å². The number of hydrogen-bond acceptors (Lipinski definition) is 4. The van der Waals surface area contributed by atoms with Crippen LogP contribution in [-0.4, -0.2) is 33.9 Å². The number of fused-ring (bicyclic) bond motifs is 1. The van der Waals surface area contributed by atoms with Crippen LogP contribution in [0.1, 0.15) is 46.8 Å². The lowest BCUT2D eigenvalue weighted by Crippen LogP contribution is -2.27. The number of nitrogens with zero attached hydrogens (tertiary/aromatic N) is 2. The summed E-state index contributed by atoms with van der Waals surface area (Å²) >= 11 is 0. The van der Waals surface area contributed by atoms with Gasteiger partial charge in [-0.1, -0.05) is 13.3 Å². The average molecular weight is 449 g/mol. The molecule has 0 spiro atoms. The van der Waals surface area contributed by atoms with Crippen molar-refractivity contribution in [3.8, 4) is 11.1 Å². The van der Waals surface area contributed by atoms with Gasteiger partial charge in [0.25, 0.3) is 0 Å². The fraction of sp³-hybridized carbons (Fsp3) is 0.308. The molecule has 0 bridgehead atoms. The van der Waals surface area contributed by atoms with E-state index < -0.39 is 5.91 Å². The largest absolute Gasteiger partial charge is 0.462 e. The summed E-state index contributed by atoms with van der Waals surface area (Å²) in [6, 6.07) is 7.01. The second kappa shape index (κ2) is 10.0. The molecule has 0 aliphatic heterocycles. The number of amides is 1. The molecule has 0 unspecified atom stereocenters. The Morgan fingerprint density at radius 2 is 2.09 bits per heavy atom. The number of benzene rings is 1. The molecule has 4 rings (SSSR count). The number of pyridine rings is 1. The minimum absolute atomic E-state index is 0.303. The van der Waals surface area contributed by atoms with Crippen LogP contribution in [0.15, 0.2) is 53.5 Å². The fourth-order valence-electron chi connectivity index (χ4n) is 4.28. The molecule has 3 heterocycles. The van der Waals surface area contributed by atoms with Gasteiger partial charge in [0.1, 0.15) is 11.3 Å². The summed E-state index contributed by atoms with van der Waals surface area (Å²) in [5, 5.41) is 0. The summed E-state index contributed by atoms with van der Waals surface area (Å²) in [7, 11) is 0. The molecule has 0 fully saturated rings. The molecule has 0 aliphatic carbocycles. The minimum atomic E-state index is -0.574. The van der Waals surface area contributed by atoms with E-state index in [1.54, 1.807) is 25.3 Å². The molecule has 0 saturated carbocycles. The Labute approximate surface area is 192 Å². The van der Waals surface area contributed by atoms with Crippen molar-refractivity contribution in [3.63, 3.8) is 0 Å². The number of nitrogens with two attached hydrogens (primary N) is 1. The van der Waals surface area contributed by atoms with Crippen molar-refractivity contribution in [2.45, 2.75) is 39.7 Å². The van der Waals surface area contributed by atoms with Crippen molar-refractivity contribution < 1.29 is 13.6 Å². The van der Waals surface area contributed by atoms with E-state index in [1.165, 1.54) is 17.9 Å². The molecule has 4 aromatic rings. The number of H-pyrrole nitrogens is 1. The number of primary amides is 1. The van der Waals surface area contributed by atoms with Gasteiger partial charge in [-0.15, -0.1) is 0 Å². The van der Waals surface area contributed by atoms with Gasteiger partial charge in [-0.2, -0.15) is 0 Å². The van der Waals surface area contributed by atoms with Gasteiger partial charge >= 0.3 is 0 Å². The number of halogens is 1. The molecule has 1 amide bonds. The molecule has 1 aromatic carbocycles. The predicted octanol–water partition coefficient (Wildman–Crippen LogP) is 5.21. The van der Waals surface area contributed by atoms with Crippen LogP contribution in [0.5, 0.6) is 0 Å². The second-order valence-corrected chi connectivity index (χ2v) is 8.35. The highest BCUT2D eigenvalue weighted by Crippen LogP contribution is 2.34. The van der Waals surface area contributed by atoms with E-state index in [4.69, 9.17) is 10.2 Å². The molecule has 0 radical (unpaired) electrons. The van der Waals surface area contributed by atoms with Crippen LogP contribution in [0.3, 0.4) is 0 Å². The van der Waals surface area contributed by atoms with Crippen molar-refractivity contribution in [2.24, 2.45) is 5.73 Å². The zero-order valence-electron chi connectivity index (χ0n) is 19.0. The number of carbonyl (C=O) groups is 1. The third kappa shape index (κ3) is 4.83. The monoisotopic (exact) mass is 448 g/mol. The Morgan fingerprint density at radius 3 is 2.82 bits per heavy atom. The van der Waals surface area contributed by atoms with Crippen LogP contribution < -0.4 is 5.73 Å². The number of aromatic amines is 1. The van der Waals surface area contributed by atoms with E-state index in [-0.39, 0.29) is 5.82 Å². The normalized spacial score (nSPS) is 11.5. The first-order valence-corrected chi connectivity index (χ1v) is 11.3. The number of nitrogens with one attached hydrogen (secondary N) is 1. The second-order valence-electron chi connectivity index (χ2n) is 8.35. The minimum Gasteiger partial charge on any atom is -0.462 e. The molecular formula is C26H29FN4O2. The van der Waals surface area contributed by atoms with Gasteiger partial charge in [0.05, 0.1) is 6.26 Å².